The summed E-state index contributed by atoms with van der Waals surface area (Å²) in [5, 5.41) is 9.50. The standard InChI is InChI=1S/C12H16N4O2S/c1-9-10(7-14-16-9)8-15-19(17,18)12-6-4-3-5-11(12)13-2/h3-7,13,15H,8H2,1-2H3,(H,14,16). The average Bonchev–Trinajstić information content (AvgIpc) is 2.82. The van der Waals surface area contributed by atoms with Crippen molar-refractivity contribution in [2.75, 3.05) is 12.4 Å². The third-order valence-corrected chi connectivity index (χ3v) is 4.29. The van der Waals surface area contributed by atoms with E-state index in [0.29, 0.717) is 5.69 Å². The molecule has 0 aliphatic rings. The number of anilines is 1. The van der Waals surface area contributed by atoms with Crippen molar-refractivity contribution in [2.24, 2.45) is 0 Å². The van der Waals surface area contributed by atoms with Crippen molar-refractivity contribution in [1.29, 1.82) is 0 Å². The van der Waals surface area contributed by atoms with Crippen molar-refractivity contribution in [2.45, 2.75) is 18.4 Å². The monoisotopic (exact) mass is 280 g/mol. The first kappa shape index (κ1) is 13.6. The molecule has 102 valence electrons. The summed E-state index contributed by atoms with van der Waals surface area (Å²) in [7, 11) is -1.86. The number of nitrogens with one attached hydrogen (secondary N) is 3. The summed E-state index contributed by atoms with van der Waals surface area (Å²) in [6.07, 6.45) is 1.61. The fourth-order valence-corrected chi connectivity index (χ4v) is 2.93. The Balaban J connectivity index is 2.21. The highest BCUT2D eigenvalue weighted by atomic mass is 32.2. The van der Waals surface area contributed by atoms with Crippen molar-refractivity contribution >= 4 is 15.7 Å². The number of aryl methyl sites for hydroxylation is 1. The van der Waals surface area contributed by atoms with E-state index in [2.05, 4.69) is 20.2 Å². The molecule has 0 saturated heterocycles. The molecule has 0 spiro atoms. The van der Waals surface area contributed by atoms with E-state index < -0.39 is 10.0 Å². The second kappa shape index (κ2) is 5.41. The highest BCUT2D eigenvalue weighted by Crippen LogP contribution is 2.20. The number of hydrogen-bond acceptors (Lipinski definition) is 4. The molecule has 0 unspecified atom stereocenters. The number of nitrogens with zero attached hydrogens (tertiary/aromatic N) is 1. The normalized spacial score (nSPS) is 11.5. The van der Waals surface area contributed by atoms with E-state index in [4.69, 9.17) is 0 Å². The molecule has 6 nitrogen and oxygen atoms in total. The largest absolute Gasteiger partial charge is 0.387 e. The highest BCUT2D eigenvalue weighted by molar-refractivity contribution is 7.89. The van der Waals surface area contributed by atoms with Gasteiger partial charge in [-0.25, -0.2) is 13.1 Å². The molecule has 1 aromatic carbocycles. The Morgan fingerprint density at radius 3 is 2.68 bits per heavy atom. The lowest BCUT2D eigenvalue weighted by atomic mass is 10.3. The van der Waals surface area contributed by atoms with Crippen molar-refractivity contribution in [3.8, 4) is 0 Å². The van der Waals surface area contributed by atoms with E-state index in [1.165, 1.54) is 0 Å². The molecule has 0 atom stereocenters. The maximum absolute atomic E-state index is 12.2. The van der Waals surface area contributed by atoms with Gasteiger partial charge in [0.25, 0.3) is 0 Å². The number of aromatic nitrogens is 2. The lowest BCUT2D eigenvalue weighted by Gasteiger charge is -2.10. The van der Waals surface area contributed by atoms with Gasteiger partial charge in [0.1, 0.15) is 4.90 Å². The number of H-pyrrole nitrogens is 1. The molecule has 0 aliphatic heterocycles. The third-order valence-electron chi connectivity index (χ3n) is 2.83. The molecule has 0 aliphatic carbocycles. The highest BCUT2D eigenvalue weighted by Gasteiger charge is 2.17. The Hall–Kier alpha value is -1.86. The van der Waals surface area contributed by atoms with Crippen LogP contribution in [0.4, 0.5) is 5.69 Å². The van der Waals surface area contributed by atoms with Crippen molar-refractivity contribution < 1.29 is 8.42 Å². The van der Waals surface area contributed by atoms with Crippen LogP contribution in [0, 0.1) is 6.92 Å². The van der Waals surface area contributed by atoms with Crippen molar-refractivity contribution in [3.63, 3.8) is 0 Å². The first-order valence-electron chi connectivity index (χ1n) is 5.80. The maximum atomic E-state index is 12.2. The van der Waals surface area contributed by atoms with Gasteiger partial charge in [-0.15, -0.1) is 0 Å². The van der Waals surface area contributed by atoms with Gasteiger partial charge >= 0.3 is 0 Å². The van der Waals surface area contributed by atoms with Crippen molar-refractivity contribution in [3.05, 3.63) is 41.7 Å². The van der Waals surface area contributed by atoms with Crippen LogP contribution in [0.25, 0.3) is 0 Å². The fourth-order valence-electron chi connectivity index (χ4n) is 1.71. The molecular weight excluding hydrogens is 264 g/mol. The van der Waals surface area contributed by atoms with Gasteiger partial charge in [0, 0.05) is 24.8 Å². The van der Waals surface area contributed by atoms with E-state index in [9.17, 15) is 8.42 Å². The summed E-state index contributed by atoms with van der Waals surface area (Å²) in [5.74, 6) is 0. The van der Waals surface area contributed by atoms with Crippen LogP contribution in [-0.4, -0.2) is 25.7 Å². The number of hydrogen-bond donors (Lipinski definition) is 3. The van der Waals surface area contributed by atoms with Crippen LogP contribution in [0.3, 0.4) is 0 Å². The van der Waals surface area contributed by atoms with Gasteiger partial charge < -0.3 is 5.32 Å². The quantitative estimate of drug-likeness (QED) is 0.769. The molecule has 2 rings (SSSR count). The third kappa shape index (κ3) is 2.94. The van der Waals surface area contributed by atoms with Crippen LogP contribution < -0.4 is 10.0 Å². The first-order valence-corrected chi connectivity index (χ1v) is 7.28. The van der Waals surface area contributed by atoms with Gasteiger partial charge in [0.2, 0.25) is 10.0 Å². The molecule has 3 N–H and O–H groups in total. The molecule has 0 fully saturated rings. The summed E-state index contributed by atoms with van der Waals surface area (Å²) < 4.78 is 27.0. The minimum Gasteiger partial charge on any atom is -0.387 e. The molecular formula is C12H16N4O2S. The van der Waals surface area contributed by atoms with Gasteiger partial charge in [-0.1, -0.05) is 12.1 Å². The molecule has 19 heavy (non-hydrogen) atoms. The Bertz CT molecular complexity index is 664. The predicted molar refractivity (Wildman–Crippen MR) is 73.3 cm³/mol. The molecule has 0 radical (unpaired) electrons. The maximum Gasteiger partial charge on any atom is 0.242 e. The van der Waals surface area contributed by atoms with Crippen LogP contribution in [0.1, 0.15) is 11.3 Å². The fraction of sp³-hybridized carbons (Fsp3) is 0.250. The average molecular weight is 280 g/mol. The summed E-state index contributed by atoms with van der Waals surface area (Å²) in [6.45, 7) is 2.06. The summed E-state index contributed by atoms with van der Waals surface area (Å²) in [4.78, 5) is 0.235. The summed E-state index contributed by atoms with van der Waals surface area (Å²) in [6, 6.07) is 6.76. The Kier molecular flexibility index (Phi) is 3.87. The minimum absolute atomic E-state index is 0.211. The summed E-state index contributed by atoms with van der Waals surface area (Å²) >= 11 is 0. The number of rotatable bonds is 5. The lowest BCUT2D eigenvalue weighted by molar-refractivity contribution is 0.581. The van der Waals surface area contributed by atoms with Crippen molar-refractivity contribution in [1.82, 2.24) is 14.9 Å². The minimum atomic E-state index is -3.55. The molecule has 1 aromatic heterocycles. The Morgan fingerprint density at radius 2 is 2.05 bits per heavy atom. The van der Waals surface area contributed by atoms with Gasteiger partial charge in [0.15, 0.2) is 0 Å². The SMILES string of the molecule is CNc1ccccc1S(=O)(=O)NCc1cn[nH]c1C. The Labute approximate surface area is 112 Å². The van der Waals surface area contributed by atoms with E-state index in [1.54, 1.807) is 37.5 Å². The first-order chi connectivity index (χ1) is 9.04. The molecule has 0 bridgehead atoms. The number of sulfonamides is 1. The van der Waals surface area contributed by atoms with Crippen LogP contribution >= 0.6 is 0 Å². The van der Waals surface area contributed by atoms with E-state index >= 15 is 0 Å². The molecule has 0 saturated carbocycles. The van der Waals surface area contributed by atoms with Gasteiger partial charge in [-0.2, -0.15) is 5.10 Å². The van der Waals surface area contributed by atoms with Crippen LogP contribution in [0.15, 0.2) is 35.4 Å². The van der Waals surface area contributed by atoms with E-state index in [0.717, 1.165) is 11.3 Å². The molecule has 7 heteroatoms. The zero-order valence-corrected chi connectivity index (χ0v) is 11.6. The van der Waals surface area contributed by atoms with Gasteiger partial charge in [0.05, 0.1) is 11.9 Å². The number of para-hydroxylation sites is 1. The van der Waals surface area contributed by atoms with Crippen LogP contribution in [-0.2, 0) is 16.6 Å². The smallest absolute Gasteiger partial charge is 0.242 e. The summed E-state index contributed by atoms with van der Waals surface area (Å²) in [5.41, 5.74) is 2.24. The topological polar surface area (TPSA) is 86.9 Å². The number of benzene rings is 1. The molecule has 1 heterocycles. The van der Waals surface area contributed by atoms with E-state index in [-0.39, 0.29) is 11.4 Å². The molecule has 0 amide bonds. The zero-order valence-electron chi connectivity index (χ0n) is 10.8. The van der Waals surface area contributed by atoms with E-state index in [1.807, 2.05) is 6.92 Å². The van der Waals surface area contributed by atoms with Crippen LogP contribution in [0.2, 0.25) is 0 Å². The Morgan fingerprint density at radius 1 is 1.32 bits per heavy atom. The lowest BCUT2D eigenvalue weighted by Crippen LogP contribution is -2.24. The number of aromatic amines is 1. The second-order valence-electron chi connectivity index (χ2n) is 4.09. The molecule has 2 aromatic rings. The predicted octanol–water partition coefficient (Wildman–Crippen LogP) is 1.24. The van der Waals surface area contributed by atoms with Gasteiger partial charge in [-0.3, -0.25) is 5.10 Å². The zero-order chi connectivity index (χ0) is 13.9. The second-order valence-corrected chi connectivity index (χ2v) is 5.83. The van der Waals surface area contributed by atoms with Gasteiger partial charge in [-0.05, 0) is 19.1 Å². The van der Waals surface area contributed by atoms with Crippen LogP contribution in [0.5, 0.6) is 0 Å².